The van der Waals surface area contributed by atoms with Crippen LogP contribution in [-0.4, -0.2) is 22.2 Å². The SMILES string of the molecule is O=C(O)Cc1cc(F)cc(CC(=O)O)c1Cl. The van der Waals surface area contributed by atoms with E-state index in [1.807, 2.05) is 0 Å². The van der Waals surface area contributed by atoms with Crippen molar-refractivity contribution in [2.45, 2.75) is 12.8 Å². The van der Waals surface area contributed by atoms with E-state index in [0.717, 1.165) is 12.1 Å². The Labute approximate surface area is 95.3 Å². The maximum absolute atomic E-state index is 13.1. The summed E-state index contributed by atoms with van der Waals surface area (Å²) >= 11 is 5.78. The van der Waals surface area contributed by atoms with Crippen molar-refractivity contribution in [3.63, 3.8) is 0 Å². The van der Waals surface area contributed by atoms with E-state index in [-0.39, 0.29) is 16.1 Å². The molecule has 0 aromatic heterocycles. The first-order valence-corrected chi connectivity index (χ1v) is 4.68. The molecule has 0 saturated heterocycles. The van der Waals surface area contributed by atoms with Crippen LogP contribution in [0.15, 0.2) is 12.1 Å². The topological polar surface area (TPSA) is 74.6 Å². The van der Waals surface area contributed by atoms with Crippen LogP contribution >= 0.6 is 11.6 Å². The first-order chi connectivity index (χ1) is 7.40. The van der Waals surface area contributed by atoms with Crippen molar-refractivity contribution in [1.29, 1.82) is 0 Å². The minimum atomic E-state index is -1.16. The second-order valence-electron chi connectivity index (χ2n) is 3.18. The Morgan fingerprint density at radius 1 is 1.12 bits per heavy atom. The fourth-order valence-electron chi connectivity index (χ4n) is 1.29. The van der Waals surface area contributed by atoms with E-state index in [2.05, 4.69) is 0 Å². The summed E-state index contributed by atoms with van der Waals surface area (Å²) in [6.45, 7) is 0. The van der Waals surface area contributed by atoms with E-state index in [4.69, 9.17) is 21.8 Å². The van der Waals surface area contributed by atoms with Gasteiger partial charge in [0.15, 0.2) is 0 Å². The van der Waals surface area contributed by atoms with Gasteiger partial charge in [0, 0.05) is 5.02 Å². The van der Waals surface area contributed by atoms with E-state index < -0.39 is 30.6 Å². The fourth-order valence-corrected chi connectivity index (χ4v) is 1.53. The average Bonchev–Trinajstić information content (AvgIpc) is 2.11. The largest absolute Gasteiger partial charge is 0.481 e. The first kappa shape index (κ1) is 12.4. The lowest BCUT2D eigenvalue weighted by atomic mass is 10.1. The molecule has 1 aromatic carbocycles. The Kier molecular flexibility index (Phi) is 3.84. The van der Waals surface area contributed by atoms with Crippen LogP contribution in [0.25, 0.3) is 0 Å². The molecule has 0 atom stereocenters. The number of carbonyl (C=O) groups is 2. The number of aliphatic carboxylic acids is 2. The number of halogens is 2. The molecule has 0 aliphatic heterocycles. The molecule has 6 heteroatoms. The fraction of sp³-hybridized carbons (Fsp3) is 0.200. The molecule has 0 bridgehead atoms. The molecule has 1 rings (SSSR count). The van der Waals surface area contributed by atoms with Crippen molar-refractivity contribution in [1.82, 2.24) is 0 Å². The predicted octanol–water partition coefficient (Wildman–Crippen LogP) is 1.73. The van der Waals surface area contributed by atoms with Gasteiger partial charge < -0.3 is 10.2 Å². The van der Waals surface area contributed by atoms with Crippen LogP contribution in [-0.2, 0) is 22.4 Å². The minimum absolute atomic E-state index is 0.00815. The van der Waals surface area contributed by atoms with Crippen LogP contribution in [0.3, 0.4) is 0 Å². The molecular formula is C10H8ClFO4. The molecule has 16 heavy (non-hydrogen) atoms. The summed E-state index contributed by atoms with van der Waals surface area (Å²) in [6, 6.07) is 1.98. The third kappa shape index (κ3) is 3.20. The summed E-state index contributed by atoms with van der Waals surface area (Å²) in [5.74, 6) is -3.01. The number of hydrogen-bond donors (Lipinski definition) is 2. The van der Waals surface area contributed by atoms with Crippen LogP contribution < -0.4 is 0 Å². The van der Waals surface area contributed by atoms with Gasteiger partial charge in [-0.05, 0) is 23.3 Å². The summed E-state index contributed by atoms with van der Waals surface area (Å²) < 4.78 is 13.1. The summed E-state index contributed by atoms with van der Waals surface area (Å²) in [7, 11) is 0. The molecule has 2 N–H and O–H groups in total. The molecule has 0 radical (unpaired) electrons. The molecule has 0 aliphatic rings. The van der Waals surface area contributed by atoms with E-state index >= 15 is 0 Å². The van der Waals surface area contributed by atoms with E-state index in [1.165, 1.54) is 0 Å². The first-order valence-electron chi connectivity index (χ1n) is 4.30. The van der Waals surface area contributed by atoms with Gasteiger partial charge in [0.25, 0.3) is 0 Å². The average molecular weight is 247 g/mol. The lowest BCUT2D eigenvalue weighted by Crippen LogP contribution is -2.06. The quantitative estimate of drug-likeness (QED) is 0.849. The third-order valence-corrected chi connectivity index (χ3v) is 2.36. The Morgan fingerprint density at radius 3 is 1.81 bits per heavy atom. The van der Waals surface area contributed by atoms with Gasteiger partial charge in [0.2, 0.25) is 0 Å². The van der Waals surface area contributed by atoms with Gasteiger partial charge in [-0.3, -0.25) is 9.59 Å². The van der Waals surface area contributed by atoms with Crippen LogP contribution in [0.1, 0.15) is 11.1 Å². The summed E-state index contributed by atoms with van der Waals surface area (Å²) in [6.07, 6.45) is -0.883. The zero-order valence-electron chi connectivity index (χ0n) is 8.04. The number of carboxylic acid groups (broad SMARTS) is 2. The molecule has 0 saturated carbocycles. The number of hydrogen-bond acceptors (Lipinski definition) is 2. The van der Waals surface area contributed by atoms with Crippen molar-refractivity contribution in [2.24, 2.45) is 0 Å². The summed E-state index contributed by atoms with van der Waals surface area (Å²) in [4.78, 5) is 20.9. The van der Waals surface area contributed by atoms with Gasteiger partial charge in [-0.25, -0.2) is 4.39 Å². The number of rotatable bonds is 4. The lowest BCUT2D eigenvalue weighted by molar-refractivity contribution is -0.137. The molecule has 0 unspecified atom stereocenters. The number of benzene rings is 1. The molecule has 0 heterocycles. The molecule has 0 fully saturated rings. The summed E-state index contributed by atoms with van der Waals surface area (Å²) in [5.41, 5.74) is 0.149. The highest BCUT2D eigenvalue weighted by Crippen LogP contribution is 2.24. The van der Waals surface area contributed by atoms with Crippen molar-refractivity contribution in [3.8, 4) is 0 Å². The Morgan fingerprint density at radius 2 is 1.50 bits per heavy atom. The van der Waals surface area contributed by atoms with Crippen LogP contribution in [0.2, 0.25) is 5.02 Å². The van der Waals surface area contributed by atoms with Crippen LogP contribution in [0, 0.1) is 5.82 Å². The van der Waals surface area contributed by atoms with Crippen molar-refractivity contribution in [3.05, 3.63) is 34.1 Å². The zero-order valence-corrected chi connectivity index (χ0v) is 8.79. The Hall–Kier alpha value is -1.62. The molecule has 0 spiro atoms. The second kappa shape index (κ2) is 4.94. The molecule has 86 valence electrons. The van der Waals surface area contributed by atoms with Crippen molar-refractivity contribution in [2.75, 3.05) is 0 Å². The van der Waals surface area contributed by atoms with Crippen molar-refractivity contribution >= 4 is 23.5 Å². The monoisotopic (exact) mass is 246 g/mol. The predicted molar refractivity (Wildman–Crippen MR) is 54.1 cm³/mol. The van der Waals surface area contributed by atoms with E-state index in [1.54, 1.807) is 0 Å². The zero-order chi connectivity index (χ0) is 12.3. The van der Waals surface area contributed by atoms with E-state index in [0.29, 0.717) is 0 Å². The molecular weight excluding hydrogens is 239 g/mol. The molecule has 0 aliphatic carbocycles. The maximum Gasteiger partial charge on any atom is 0.307 e. The smallest absolute Gasteiger partial charge is 0.307 e. The Balaban J connectivity index is 3.14. The van der Waals surface area contributed by atoms with Crippen LogP contribution in [0.4, 0.5) is 4.39 Å². The highest BCUT2D eigenvalue weighted by atomic mass is 35.5. The Bertz CT molecular complexity index is 407. The van der Waals surface area contributed by atoms with Gasteiger partial charge in [0.05, 0.1) is 12.8 Å². The summed E-state index contributed by atoms with van der Waals surface area (Å²) in [5, 5.41) is 17.1. The maximum atomic E-state index is 13.1. The molecule has 0 amide bonds. The standard InChI is InChI=1S/C10H8ClFO4/c11-10-5(3-8(13)14)1-7(12)2-6(10)4-9(15)16/h1-2H,3-4H2,(H,13,14)(H,15,16). The molecule has 1 aromatic rings. The second-order valence-corrected chi connectivity index (χ2v) is 3.56. The highest BCUT2D eigenvalue weighted by molar-refractivity contribution is 6.32. The van der Waals surface area contributed by atoms with Gasteiger partial charge in [-0.2, -0.15) is 0 Å². The third-order valence-electron chi connectivity index (χ3n) is 1.87. The minimum Gasteiger partial charge on any atom is -0.481 e. The normalized spacial score (nSPS) is 10.1. The van der Waals surface area contributed by atoms with Gasteiger partial charge in [-0.15, -0.1) is 0 Å². The van der Waals surface area contributed by atoms with Crippen LogP contribution in [0.5, 0.6) is 0 Å². The van der Waals surface area contributed by atoms with Crippen molar-refractivity contribution < 1.29 is 24.2 Å². The highest BCUT2D eigenvalue weighted by Gasteiger charge is 2.14. The molecule has 4 nitrogen and oxygen atoms in total. The van der Waals surface area contributed by atoms with Gasteiger partial charge >= 0.3 is 11.9 Å². The van der Waals surface area contributed by atoms with E-state index in [9.17, 15) is 14.0 Å². The lowest BCUT2D eigenvalue weighted by Gasteiger charge is -2.07. The van der Waals surface area contributed by atoms with Gasteiger partial charge in [0.1, 0.15) is 5.82 Å². The van der Waals surface area contributed by atoms with Gasteiger partial charge in [-0.1, -0.05) is 11.6 Å². The number of carboxylic acids is 2.